The van der Waals surface area contributed by atoms with Gasteiger partial charge in [0.1, 0.15) is 17.2 Å². The molecule has 0 aliphatic heterocycles. The highest BCUT2D eigenvalue weighted by molar-refractivity contribution is 9.10. The Bertz CT molecular complexity index is 848. The first-order valence-electron chi connectivity index (χ1n) is 7.34. The predicted octanol–water partition coefficient (Wildman–Crippen LogP) is 3.77. The normalized spacial score (nSPS) is 10.8. The minimum atomic E-state index is 0.679. The van der Waals surface area contributed by atoms with E-state index in [4.69, 9.17) is 0 Å². The molecule has 0 aliphatic rings. The van der Waals surface area contributed by atoms with Gasteiger partial charge in [0.25, 0.3) is 0 Å². The maximum Gasteiger partial charge on any atom is 0.156 e. The van der Waals surface area contributed by atoms with Crippen molar-refractivity contribution in [1.29, 1.82) is 0 Å². The molecule has 23 heavy (non-hydrogen) atoms. The number of pyridine rings is 1. The number of halogens is 1. The van der Waals surface area contributed by atoms with Crippen molar-refractivity contribution < 1.29 is 0 Å². The molecule has 0 atom stereocenters. The highest BCUT2D eigenvalue weighted by Gasteiger charge is 2.09. The van der Waals surface area contributed by atoms with Crippen LogP contribution in [0.2, 0.25) is 0 Å². The molecule has 0 unspecified atom stereocenters. The second-order valence-corrected chi connectivity index (χ2v) is 6.45. The lowest BCUT2D eigenvalue weighted by Crippen LogP contribution is -2.11. The summed E-state index contributed by atoms with van der Waals surface area (Å²) in [5, 5.41) is 3.39. The molecular weight excluding hydrogens is 354 g/mol. The molecule has 5 nitrogen and oxygen atoms in total. The van der Waals surface area contributed by atoms with E-state index in [0.717, 1.165) is 33.0 Å². The monoisotopic (exact) mass is 371 g/mol. The van der Waals surface area contributed by atoms with Crippen LogP contribution in [0.4, 0.5) is 11.6 Å². The van der Waals surface area contributed by atoms with Gasteiger partial charge in [-0.05, 0) is 36.8 Å². The second kappa shape index (κ2) is 6.50. The molecule has 0 saturated heterocycles. The summed E-state index contributed by atoms with van der Waals surface area (Å²) in [5.74, 6) is 2.38. The molecule has 0 radical (unpaired) electrons. The van der Waals surface area contributed by atoms with Crippen molar-refractivity contribution in [2.24, 2.45) is 0 Å². The van der Waals surface area contributed by atoms with E-state index in [9.17, 15) is 0 Å². The number of fused-ring (bicyclic) bond motifs is 1. The van der Waals surface area contributed by atoms with Crippen molar-refractivity contribution in [1.82, 2.24) is 15.0 Å². The molecule has 0 aliphatic carbocycles. The SMILES string of the molecule is Cc1nc(NCc2cccc(Br)c2)c2nc(N(C)C)ccc2n1. The summed E-state index contributed by atoms with van der Waals surface area (Å²) in [5.41, 5.74) is 2.81. The van der Waals surface area contributed by atoms with Gasteiger partial charge >= 0.3 is 0 Å². The molecule has 118 valence electrons. The molecule has 2 aromatic heterocycles. The fraction of sp³-hybridized carbons (Fsp3) is 0.235. The summed E-state index contributed by atoms with van der Waals surface area (Å²) in [6, 6.07) is 12.1. The van der Waals surface area contributed by atoms with Gasteiger partial charge in [0, 0.05) is 25.1 Å². The topological polar surface area (TPSA) is 53.9 Å². The maximum absolute atomic E-state index is 4.67. The molecule has 1 N–H and O–H groups in total. The number of benzene rings is 1. The number of hydrogen-bond acceptors (Lipinski definition) is 5. The Morgan fingerprint density at radius 3 is 2.65 bits per heavy atom. The fourth-order valence-electron chi connectivity index (χ4n) is 2.33. The van der Waals surface area contributed by atoms with Gasteiger partial charge in [-0.3, -0.25) is 0 Å². The molecule has 3 rings (SSSR count). The average molecular weight is 372 g/mol. The molecule has 0 fully saturated rings. The minimum Gasteiger partial charge on any atom is -0.364 e. The molecule has 6 heteroatoms. The van der Waals surface area contributed by atoms with Crippen molar-refractivity contribution in [2.75, 3.05) is 24.3 Å². The summed E-state index contributed by atoms with van der Waals surface area (Å²) >= 11 is 3.49. The number of anilines is 2. The zero-order chi connectivity index (χ0) is 16.4. The van der Waals surface area contributed by atoms with Crippen LogP contribution >= 0.6 is 15.9 Å². The van der Waals surface area contributed by atoms with Gasteiger partial charge in [-0.25, -0.2) is 15.0 Å². The Kier molecular flexibility index (Phi) is 4.43. The number of nitrogens with zero attached hydrogens (tertiary/aromatic N) is 4. The third kappa shape index (κ3) is 3.59. The van der Waals surface area contributed by atoms with E-state index in [1.54, 1.807) is 0 Å². The van der Waals surface area contributed by atoms with Crippen LogP contribution in [-0.4, -0.2) is 29.0 Å². The minimum absolute atomic E-state index is 0.679. The van der Waals surface area contributed by atoms with E-state index in [2.05, 4.69) is 48.3 Å². The summed E-state index contributed by atoms with van der Waals surface area (Å²) < 4.78 is 1.06. The molecule has 0 bridgehead atoms. The van der Waals surface area contributed by atoms with Crippen molar-refractivity contribution in [3.63, 3.8) is 0 Å². The molecule has 0 spiro atoms. The second-order valence-electron chi connectivity index (χ2n) is 5.53. The Morgan fingerprint density at radius 1 is 1.09 bits per heavy atom. The average Bonchev–Trinajstić information content (AvgIpc) is 2.52. The standard InChI is InChI=1S/C17H18BrN5/c1-11-20-14-7-8-15(23(2)3)22-16(14)17(21-11)19-10-12-5-4-6-13(18)9-12/h4-9H,10H2,1-3H3,(H,19,20,21). The molecule has 0 amide bonds. The lowest BCUT2D eigenvalue weighted by Gasteiger charge is -2.14. The van der Waals surface area contributed by atoms with Crippen molar-refractivity contribution in [3.8, 4) is 0 Å². The lowest BCUT2D eigenvalue weighted by molar-refractivity contribution is 1.03. The third-order valence-corrected chi connectivity index (χ3v) is 3.94. The van der Waals surface area contributed by atoms with Crippen LogP contribution in [0.1, 0.15) is 11.4 Å². The maximum atomic E-state index is 4.67. The van der Waals surface area contributed by atoms with E-state index in [-0.39, 0.29) is 0 Å². The molecule has 0 saturated carbocycles. The number of aromatic nitrogens is 3. The number of aryl methyl sites for hydroxylation is 1. The summed E-state index contributed by atoms with van der Waals surface area (Å²) in [6.07, 6.45) is 0. The highest BCUT2D eigenvalue weighted by atomic mass is 79.9. The van der Waals surface area contributed by atoms with Crippen LogP contribution in [0.5, 0.6) is 0 Å². The molecule has 3 aromatic rings. The van der Waals surface area contributed by atoms with Gasteiger partial charge in [-0.15, -0.1) is 0 Å². The molecular formula is C17H18BrN5. The van der Waals surface area contributed by atoms with Gasteiger partial charge in [-0.2, -0.15) is 0 Å². The quantitative estimate of drug-likeness (QED) is 0.756. The largest absolute Gasteiger partial charge is 0.364 e. The van der Waals surface area contributed by atoms with Gasteiger partial charge in [-0.1, -0.05) is 28.1 Å². The highest BCUT2D eigenvalue weighted by Crippen LogP contribution is 2.22. The number of rotatable bonds is 4. The first-order chi connectivity index (χ1) is 11.0. The summed E-state index contributed by atoms with van der Waals surface area (Å²) in [7, 11) is 3.94. The van der Waals surface area contributed by atoms with Crippen molar-refractivity contribution in [2.45, 2.75) is 13.5 Å². The van der Waals surface area contributed by atoms with Crippen LogP contribution in [0.3, 0.4) is 0 Å². The van der Waals surface area contributed by atoms with Crippen LogP contribution in [0.15, 0.2) is 40.9 Å². The van der Waals surface area contributed by atoms with Crippen LogP contribution in [0, 0.1) is 6.92 Å². The van der Waals surface area contributed by atoms with E-state index in [1.165, 1.54) is 5.56 Å². The van der Waals surface area contributed by atoms with Gasteiger partial charge in [0.2, 0.25) is 0 Å². The first-order valence-corrected chi connectivity index (χ1v) is 8.13. The number of nitrogens with one attached hydrogen (secondary N) is 1. The van der Waals surface area contributed by atoms with Gasteiger partial charge < -0.3 is 10.2 Å². The van der Waals surface area contributed by atoms with E-state index in [0.29, 0.717) is 6.54 Å². The summed E-state index contributed by atoms with van der Waals surface area (Å²) in [4.78, 5) is 15.6. The Morgan fingerprint density at radius 2 is 1.91 bits per heavy atom. The van der Waals surface area contributed by atoms with E-state index >= 15 is 0 Å². The Labute approximate surface area is 143 Å². The predicted molar refractivity (Wildman–Crippen MR) is 97.9 cm³/mol. The zero-order valence-corrected chi connectivity index (χ0v) is 14.9. The lowest BCUT2D eigenvalue weighted by atomic mass is 10.2. The first kappa shape index (κ1) is 15.7. The van der Waals surface area contributed by atoms with Crippen LogP contribution in [0.25, 0.3) is 11.0 Å². The van der Waals surface area contributed by atoms with Crippen molar-refractivity contribution in [3.05, 3.63) is 52.3 Å². The Balaban J connectivity index is 1.96. The van der Waals surface area contributed by atoms with Crippen LogP contribution < -0.4 is 10.2 Å². The molecule has 1 aromatic carbocycles. The van der Waals surface area contributed by atoms with E-state index < -0.39 is 0 Å². The van der Waals surface area contributed by atoms with Crippen LogP contribution in [-0.2, 0) is 6.54 Å². The Hall–Kier alpha value is -2.21. The van der Waals surface area contributed by atoms with Crippen molar-refractivity contribution >= 4 is 38.6 Å². The fourth-order valence-corrected chi connectivity index (χ4v) is 2.77. The molecule has 2 heterocycles. The summed E-state index contributed by atoms with van der Waals surface area (Å²) in [6.45, 7) is 2.57. The zero-order valence-electron chi connectivity index (χ0n) is 13.3. The smallest absolute Gasteiger partial charge is 0.156 e. The number of hydrogen-bond donors (Lipinski definition) is 1. The van der Waals surface area contributed by atoms with E-state index in [1.807, 2.05) is 50.2 Å². The van der Waals surface area contributed by atoms with Gasteiger partial charge in [0.05, 0.1) is 5.52 Å². The third-order valence-electron chi connectivity index (χ3n) is 3.45. The van der Waals surface area contributed by atoms with Gasteiger partial charge in [0.15, 0.2) is 5.82 Å².